The third kappa shape index (κ3) is 50.5. The minimum Gasteiger partial charge on any atom is -0.462 e. The molecule has 0 aliphatic rings. The molecule has 0 fully saturated rings. The normalized spacial score (nSPS) is 12.4. The Morgan fingerprint density at radius 2 is 0.812 bits per heavy atom. The average Bonchev–Trinajstić information content (AvgIpc) is 3.29. The number of allylic oxidation sites excluding steroid dienone is 8. The van der Waals surface area contributed by atoms with Crippen LogP contribution in [0, 0.1) is 6.92 Å². The molecule has 1 atom stereocenters. The van der Waals surface area contributed by atoms with Crippen LogP contribution in [0.3, 0.4) is 0 Å². The molecule has 64 heavy (non-hydrogen) atoms. The summed E-state index contributed by atoms with van der Waals surface area (Å²) in [7, 11) is 0. The van der Waals surface area contributed by atoms with Crippen LogP contribution in [0.5, 0.6) is 0 Å². The number of rotatable bonds is 51. The fourth-order valence-electron chi connectivity index (χ4n) is 7.80. The number of carbonyl (C=O) groups excluding carboxylic acids is 3. The molecule has 0 aliphatic heterocycles. The lowest BCUT2D eigenvalue weighted by Crippen LogP contribution is -2.30. The maximum absolute atomic E-state index is 12.8. The zero-order chi connectivity index (χ0) is 46.5. The smallest absolute Gasteiger partial charge is 0.306 e. The van der Waals surface area contributed by atoms with Gasteiger partial charge >= 0.3 is 11.9 Å². The maximum Gasteiger partial charge on any atom is 0.306 e. The van der Waals surface area contributed by atoms with E-state index in [1.807, 2.05) is 0 Å². The number of Topliss-reactive ketones (excluding diaryl/α,β-unsaturated/α-hetero) is 1. The van der Waals surface area contributed by atoms with Crippen LogP contribution < -0.4 is 0 Å². The highest BCUT2D eigenvalue weighted by molar-refractivity contribution is 5.79. The number of esters is 2. The van der Waals surface area contributed by atoms with E-state index >= 15 is 0 Å². The molecule has 6 heteroatoms. The summed E-state index contributed by atoms with van der Waals surface area (Å²) in [5.74, 6) is -0.494. The SMILES string of the molecule is [CH2-]CCCCCCC/C=C\CCCCCCCC(=O)OC(COCC(=O)CCCCCCCCCC/C=C\C/C=C\CC)COC(=O)CCCCCCCCCC/C=C\CCCCC. The minimum atomic E-state index is -0.708. The molecular formula is C58H103O6-. The van der Waals surface area contributed by atoms with Crippen molar-refractivity contribution in [2.75, 3.05) is 19.8 Å². The van der Waals surface area contributed by atoms with E-state index in [0.717, 1.165) is 83.5 Å². The van der Waals surface area contributed by atoms with Crippen molar-refractivity contribution in [3.63, 3.8) is 0 Å². The van der Waals surface area contributed by atoms with Crippen molar-refractivity contribution in [2.45, 2.75) is 277 Å². The van der Waals surface area contributed by atoms with Crippen LogP contribution in [0.1, 0.15) is 271 Å². The maximum atomic E-state index is 12.8. The van der Waals surface area contributed by atoms with Crippen molar-refractivity contribution in [3.8, 4) is 0 Å². The summed E-state index contributed by atoms with van der Waals surface area (Å²) in [6.45, 7) is 8.34. The first kappa shape index (κ1) is 61.5. The molecule has 0 aliphatic carbocycles. The predicted octanol–water partition coefficient (Wildman–Crippen LogP) is 17.7. The third-order valence-electron chi connectivity index (χ3n) is 11.9. The number of ether oxygens (including phenoxy) is 3. The highest BCUT2D eigenvalue weighted by Crippen LogP contribution is 2.15. The van der Waals surface area contributed by atoms with Crippen LogP contribution in [0.2, 0.25) is 0 Å². The Balaban J connectivity index is 4.37. The van der Waals surface area contributed by atoms with Crippen LogP contribution in [0.4, 0.5) is 0 Å². The van der Waals surface area contributed by atoms with E-state index in [4.69, 9.17) is 14.2 Å². The molecule has 0 amide bonds. The van der Waals surface area contributed by atoms with Crippen LogP contribution >= 0.6 is 0 Å². The van der Waals surface area contributed by atoms with E-state index in [-0.39, 0.29) is 37.5 Å². The fourth-order valence-corrected chi connectivity index (χ4v) is 7.80. The topological polar surface area (TPSA) is 78.9 Å². The minimum absolute atomic E-state index is 0.00611. The van der Waals surface area contributed by atoms with Gasteiger partial charge in [0.15, 0.2) is 11.9 Å². The van der Waals surface area contributed by atoms with E-state index in [2.05, 4.69) is 69.4 Å². The average molecular weight is 896 g/mol. The summed E-state index contributed by atoms with van der Waals surface area (Å²) in [6, 6.07) is 0. The molecule has 0 aromatic heterocycles. The number of carbonyl (C=O) groups is 3. The van der Waals surface area contributed by atoms with Gasteiger partial charge in [-0.2, -0.15) is 6.42 Å². The van der Waals surface area contributed by atoms with E-state index in [1.165, 1.54) is 154 Å². The van der Waals surface area contributed by atoms with Crippen molar-refractivity contribution in [1.82, 2.24) is 0 Å². The monoisotopic (exact) mass is 896 g/mol. The predicted molar refractivity (Wildman–Crippen MR) is 275 cm³/mol. The highest BCUT2D eigenvalue weighted by atomic mass is 16.6. The van der Waals surface area contributed by atoms with Crippen molar-refractivity contribution in [3.05, 3.63) is 55.5 Å². The molecule has 0 saturated heterocycles. The fraction of sp³-hybridized carbons (Fsp3) is 0.793. The highest BCUT2D eigenvalue weighted by Gasteiger charge is 2.18. The van der Waals surface area contributed by atoms with E-state index in [9.17, 15) is 14.4 Å². The van der Waals surface area contributed by atoms with E-state index in [0.29, 0.717) is 19.3 Å². The molecule has 0 saturated carbocycles. The molecule has 6 nitrogen and oxygen atoms in total. The lowest BCUT2D eigenvalue weighted by molar-refractivity contribution is -0.163. The summed E-state index contributed by atoms with van der Waals surface area (Å²) in [6.07, 6.45) is 62.4. The molecule has 0 aromatic rings. The Morgan fingerprint density at radius 3 is 1.28 bits per heavy atom. The summed E-state index contributed by atoms with van der Waals surface area (Å²) in [5, 5.41) is 0. The lowest BCUT2D eigenvalue weighted by atomic mass is 10.1. The molecule has 0 spiro atoms. The van der Waals surface area contributed by atoms with Gasteiger partial charge < -0.3 is 21.1 Å². The van der Waals surface area contributed by atoms with Crippen molar-refractivity contribution in [1.29, 1.82) is 0 Å². The Kier molecular flexibility index (Phi) is 51.1. The summed E-state index contributed by atoms with van der Waals surface area (Å²) >= 11 is 0. The number of unbranched alkanes of at least 4 members (excludes halogenated alkanes) is 30. The second-order valence-electron chi connectivity index (χ2n) is 18.3. The van der Waals surface area contributed by atoms with Gasteiger partial charge in [-0.1, -0.05) is 197 Å². The Morgan fingerprint density at radius 1 is 0.422 bits per heavy atom. The van der Waals surface area contributed by atoms with Gasteiger partial charge in [-0.3, -0.25) is 14.4 Å². The van der Waals surface area contributed by atoms with Gasteiger partial charge in [0.05, 0.1) is 6.61 Å². The number of ketones is 1. The lowest BCUT2D eigenvalue weighted by Gasteiger charge is -2.18. The Labute approximate surface area is 397 Å². The standard InChI is InChI=1S/C58H103O6/c1-4-7-10-13-16-19-22-25-28-31-34-37-40-43-46-49-55(59)52-62-53-56(64-58(61)51-48-45-42-39-36-33-30-27-24-21-18-15-12-9-6-3)54-63-57(60)50-47-44-41-38-35-32-29-26-23-20-17-14-11-8-5-2/h7,10,16-17,19-20,27,30,56H,3-6,8-9,11-15,18,21-26,28-29,31-54H2,1-2H3/q-1/b10-7-,19-16-,20-17-,30-27-. The molecular weight excluding hydrogens is 793 g/mol. The van der Waals surface area contributed by atoms with Gasteiger partial charge in [0, 0.05) is 19.3 Å². The van der Waals surface area contributed by atoms with Gasteiger partial charge in [0.1, 0.15) is 13.2 Å². The Hall–Kier alpha value is -2.47. The first-order valence-electron chi connectivity index (χ1n) is 27.4. The molecule has 372 valence electrons. The largest absolute Gasteiger partial charge is 0.462 e. The van der Waals surface area contributed by atoms with Crippen LogP contribution in [0.25, 0.3) is 0 Å². The molecule has 0 rings (SSSR count). The summed E-state index contributed by atoms with van der Waals surface area (Å²) in [4.78, 5) is 38.0. The molecule has 0 heterocycles. The molecule has 0 radical (unpaired) electrons. The first-order chi connectivity index (χ1) is 31.5. The molecule has 0 bridgehead atoms. The Bertz CT molecular complexity index is 1120. The van der Waals surface area contributed by atoms with Crippen molar-refractivity contribution >= 4 is 17.7 Å². The molecule has 0 aromatic carbocycles. The zero-order valence-electron chi connectivity index (χ0n) is 42.3. The van der Waals surface area contributed by atoms with E-state index < -0.39 is 6.10 Å². The van der Waals surface area contributed by atoms with Gasteiger partial charge in [-0.05, 0) is 96.3 Å². The van der Waals surface area contributed by atoms with Crippen LogP contribution in [-0.4, -0.2) is 43.6 Å². The number of hydrogen-bond acceptors (Lipinski definition) is 6. The third-order valence-corrected chi connectivity index (χ3v) is 11.9. The molecule has 0 N–H and O–H groups in total. The van der Waals surface area contributed by atoms with Gasteiger partial charge in [-0.25, -0.2) is 0 Å². The second kappa shape index (κ2) is 53.1. The quantitative estimate of drug-likeness (QED) is 0.0262. The zero-order valence-corrected chi connectivity index (χ0v) is 42.3. The molecule has 1 unspecified atom stereocenters. The first-order valence-corrected chi connectivity index (χ1v) is 27.4. The number of hydrogen-bond donors (Lipinski definition) is 0. The van der Waals surface area contributed by atoms with Crippen molar-refractivity contribution in [2.24, 2.45) is 0 Å². The van der Waals surface area contributed by atoms with Gasteiger partial charge in [-0.15, -0.1) is 0 Å². The van der Waals surface area contributed by atoms with Gasteiger partial charge in [0.2, 0.25) is 0 Å². The summed E-state index contributed by atoms with van der Waals surface area (Å²) < 4.78 is 17.1. The van der Waals surface area contributed by atoms with E-state index in [1.54, 1.807) is 0 Å². The van der Waals surface area contributed by atoms with Crippen LogP contribution in [0.15, 0.2) is 48.6 Å². The van der Waals surface area contributed by atoms with Gasteiger partial charge in [0.25, 0.3) is 0 Å². The van der Waals surface area contributed by atoms with Crippen molar-refractivity contribution < 1.29 is 28.6 Å². The van der Waals surface area contributed by atoms with Crippen LogP contribution in [-0.2, 0) is 28.6 Å². The summed E-state index contributed by atoms with van der Waals surface area (Å²) in [5.41, 5.74) is 0. The second-order valence-corrected chi connectivity index (χ2v) is 18.3.